The van der Waals surface area contributed by atoms with Gasteiger partial charge < -0.3 is 25.4 Å². The lowest BCUT2D eigenvalue weighted by molar-refractivity contribution is -0.198. The first-order valence-corrected chi connectivity index (χ1v) is 9.04. The highest BCUT2D eigenvalue weighted by Gasteiger charge is 2.52. The van der Waals surface area contributed by atoms with Gasteiger partial charge in [-0.2, -0.15) is 5.26 Å². The van der Waals surface area contributed by atoms with Gasteiger partial charge in [0, 0.05) is 32.4 Å². The van der Waals surface area contributed by atoms with E-state index in [1.54, 1.807) is 0 Å². The summed E-state index contributed by atoms with van der Waals surface area (Å²) in [6.45, 7) is 1.42. The van der Waals surface area contributed by atoms with Gasteiger partial charge in [0.2, 0.25) is 11.8 Å². The van der Waals surface area contributed by atoms with Crippen molar-refractivity contribution in [2.75, 3.05) is 19.7 Å². The van der Waals surface area contributed by atoms with Gasteiger partial charge in [0.1, 0.15) is 5.54 Å². The summed E-state index contributed by atoms with van der Waals surface area (Å²) < 4.78 is 39.1. The number of nitriles is 1. The highest BCUT2D eigenvalue weighted by molar-refractivity contribution is 5.81. The molecular formula is C17H24F2N4O4. The first-order valence-electron chi connectivity index (χ1n) is 9.04. The number of hydrogen-bond donors (Lipinski definition) is 2. The Labute approximate surface area is 155 Å². The fourth-order valence-corrected chi connectivity index (χ4v) is 3.60. The number of alkyl halides is 2. The maximum Gasteiger partial charge on any atom is 0.314 e. The van der Waals surface area contributed by atoms with Crippen molar-refractivity contribution in [2.45, 2.75) is 62.4 Å². The number of rotatable bonds is 5. The molecule has 0 aromatic rings. The zero-order valence-electron chi connectivity index (χ0n) is 15.2. The van der Waals surface area contributed by atoms with E-state index in [9.17, 15) is 18.4 Å². The number of halogens is 2. The largest absolute Gasteiger partial charge is 0.351 e. The smallest absolute Gasteiger partial charge is 0.314 e. The third-order valence-corrected chi connectivity index (χ3v) is 5.40. The predicted molar refractivity (Wildman–Crippen MR) is 88.4 cm³/mol. The molecule has 2 saturated heterocycles. The van der Waals surface area contributed by atoms with Crippen molar-refractivity contribution in [2.24, 2.45) is 11.7 Å². The SMILES string of the molecule is CC(F)(F)C[C@H](C(=O)NC1(C#N)CC1)C1COC2(CCN(C(N)=O)CC2)O1. The minimum atomic E-state index is -3.07. The van der Waals surface area contributed by atoms with Crippen LogP contribution in [0.1, 0.15) is 39.0 Å². The predicted octanol–water partition coefficient (Wildman–Crippen LogP) is 1.11. The van der Waals surface area contributed by atoms with Crippen molar-refractivity contribution >= 4 is 11.9 Å². The summed E-state index contributed by atoms with van der Waals surface area (Å²) >= 11 is 0. The van der Waals surface area contributed by atoms with Crippen LogP contribution in [0.2, 0.25) is 0 Å². The molecule has 0 aromatic heterocycles. The molecule has 2 atom stereocenters. The average Bonchev–Trinajstić information content (AvgIpc) is 3.25. The number of nitrogens with zero attached hydrogens (tertiary/aromatic N) is 2. The van der Waals surface area contributed by atoms with E-state index in [-0.39, 0.29) is 6.61 Å². The molecule has 8 nitrogen and oxygen atoms in total. The van der Waals surface area contributed by atoms with E-state index in [2.05, 4.69) is 5.32 Å². The molecule has 150 valence electrons. The molecule has 3 rings (SSSR count). The summed E-state index contributed by atoms with van der Waals surface area (Å²) in [7, 11) is 0. The number of urea groups is 1. The minimum Gasteiger partial charge on any atom is -0.351 e. The number of nitrogens with one attached hydrogen (secondary N) is 1. The third kappa shape index (κ3) is 4.47. The van der Waals surface area contributed by atoms with Gasteiger partial charge in [-0.05, 0) is 19.8 Å². The Kier molecular flexibility index (Phi) is 5.03. The van der Waals surface area contributed by atoms with E-state index in [4.69, 9.17) is 20.5 Å². The van der Waals surface area contributed by atoms with Gasteiger partial charge in [-0.1, -0.05) is 0 Å². The van der Waals surface area contributed by atoms with Crippen LogP contribution in [0.25, 0.3) is 0 Å². The van der Waals surface area contributed by atoms with Gasteiger partial charge in [-0.25, -0.2) is 13.6 Å². The van der Waals surface area contributed by atoms with E-state index in [1.807, 2.05) is 6.07 Å². The second kappa shape index (κ2) is 6.87. The lowest BCUT2D eigenvalue weighted by Gasteiger charge is -2.37. The average molecular weight is 386 g/mol. The molecule has 1 spiro atoms. The van der Waals surface area contributed by atoms with Crippen LogP contribution in [0.3, 0.4) is 0 Å². The number of ether oxygens (including phenoxy) is 2. The maximum atomic E-state index is 13.7. The Hall–Kier alpha value is -1.99. The van der Waals surface area contributed by atoms with Crippen LogP contribution in [-0.2, 0) is 14.3 Å². The van der Waals surface area contributed by atoms with Gasteiger partial charge in [-0.15, -0.1) is 0 Å². The Morgan fingerprint density at radius 2 is 2.00 bits per heavy atom. The van der Waals surface area contributed by atoms with Crippen LogP contribution in [0.5, 0.6) is 0 Å². The number of hydrogen-bond acceptors (Lipinski definition) is 5. The topological polar surface area (TPSA) is 118 Å². The number of primary amides is 1. The summed E-state index contributed by atoms with van der Waals surface area (Å²) in [4.78, 5) is 25.3. The molecule has 2 heterocycles. The Balaban J connectivity index is 1.67. The van der Waals surface area contributed by atoms with E-state index < -0.39 is 47.6 Å². The van der Waals surface area contributed by atoms with E-state index in [0.717, 1.165) is 6.92 Å². The summed E-state index contributed by atoms with van der Waals surface area (Å²) in [6.07, 6.45) is 0.193. The quantitative estimate of drug-likeness (QED) is 0.734. The summed E-state index contributed by atoms with van der Waals surface area (Å²) in [5.41, 5.74) is 4.32. The molecule has 3 amide bonds. The highest BCUT2D eigenvalue weighted by atomic mass is 19.3. The summed E-state index contributed by atoms with van der Waals surface area (Å²) in [6, 6.07) is 1.49. The van der Waals surface area contributed by atoms with Gasteiger partial charge in [0.15, 0.2) is 5.79 Å². The van der Waals surface area contributed by atoms with Crippen molar-refractivity contribution in [3.8, 4) is 6.07 Å². The van der Waals surface area contributed by atoms with E-state index in [0.29, 0.717) is 38.8 Å². The van der Waals surface area contributed by atoms with Crippen LogP contribution >= 0.6 is 0 Å². The Morgan fingerprint density at radius 1 is 1.37 bits per heavy atom. The minimum absolute atomic E-state index is 0.00426. The lowest BCUT2D eigenvalue weighted by atomic mass is 9.94. The van der Waals surface area contributed by atoms with Gasteiger partial charge in [0.25, 0.3) is 0 Å². The van der Waals surface area contributed by atoms with Crippen LogP contribution in [-0.4, -0.2) is 59.9 Å². The van der Waals surface area contributed by atoms with Gasteiger partial charge in [0.05, 0.1) is 24.7 Å². The number of amides is 3. The molecule has 1 aliphatic carbocycles. The molecule has 3 fully saturated rings. The molecule has 0 aromatic carbocycles. The fraction of sp³-hybridized carbons (Fsp3) is 0.824. The molecule has 3 aliphatic rings. The molecule has 1 unspecified atom stereocenters. The number of piperidine rings is 1. The summed E-state index contributed by atoms with van der Waals surface area (Å²) in [5, 5.41) is 11.7. The number of nitrogens with two attached hydrogens (primary N) is 1. The van der Waals surface area contributed by atoms with Crippen molar-refractivity contribution in [3.63, 3.8) is 0 Å². The molecule has 27 heavy (non-hydrogen) atoms. The molecule has 0 radical (unpaired) electrons. The zero-order valence-corrected chi connectivity index (χ0v) is 15.2. The first kappa shape index (κ1) is 19.8. The Morgan fingerprint density at radius 3 is 2.48 bits per heavy atom. The molecule has 1 saturated carbocycles. The highest BCUT2D eigenvalue weighted by Crippen LogP contribution is 2.40. The molecular weight excluding hydrogens is 362 g/mol. The van der Waals surface area contributed by atoms with Crippen LogP contribution in [0.4, 0.5) is 13.6 Å². The number of carbonyl (C=O) groups is 2. The van der Waals surface area contributed by atoms with Crippen molar-refractivity contribution in [1.29, 1.82) is 5.26 Å². The molecule has 2 aliphatic heterocycles. The fourth-order valence-electron chi connectivity index (χ4n) is 3.60. The monoisotopic (exact) mass is 386 g/mol. The second-order valence-corrected chi connectivity index (χ2v) is 7.77. The van der Waals surface area contributed by atoms with Crippen molar-refractivity contribution < 1.29 is 27.8 Å². The van der Waals surface area contributed by atoms with E-state index in [1.165, 1.54) is 4.90 Å². The standard InChI is InChI=1S/C17H24F2N4O4/c1-15(18,19)8-11(13(24)22-16(10-20)2-3-16)12-9-26-17(27-12)4-6-23(7-5-17)14(21)25/h11-12H,2-9H2,1H3,(H2,21,25)(H,22,24)/t11-,12?/m0/s1. The summed E-state index contributed by atoms with van der Waals surface area (Å²) in [5.74, 6) is -5.81. The van der Waals surface area contributed by atoms with Crippen LogP contribution in [0.15, 0.2) is 0 Å². The lowest BCUT2D eigenvalue weighted by Crippen LogP contribution is -2.50. The third-order valence-electron chi connectivity index (χ3n) is 5.40. The number of carbonyl (C=O) groups excluding carboxylic acids is 2. The molecule has 10 heteroatoms. The van der Waals surface area contributed by atoms with Crippen molar-refractivity contribution in [1.82, 2.24) is 10.2 Å². The Bertz CT molecular complexity index is 648. The van der Waals surface area contributed by atoms with E-state index >= 15 is 0 Å². The van der Waals surface area contributed by atoms with Crippen LogP contribution in [0, 0.1) is 17.2 Å². The first-order chi connectivity index (χ1) is 12.6. The number of likely N-dealkylation sites (tertiary alicyclic amines) is 1. The maximum absolute atomic E-state index is 13.7. The molecule has 3 N–H and O–H groups in total. The second-order valence-electron chi connectivity index (χ2n) is 7.77. The van der Waals surface area contributed by atoms with Gasteiger partial charge >= 0.3 is 6.03 Å². The van der Waals surface area contributed by atoms with Crippen molar-refractivity contribution in [3.05, 3.63) is 0 Å². The zero-order chi connectivity index (χ0) is 19.9. The van der Waals surface area contributed by atoms with Gasteiger partial charge in [-0.3, -0.25) is 4.79 Å². The van der Waals surface area contributed by atoms with Crippen LogP contribution < -0.4 is 11.1 Å². The molecule has 0 bridgehead atoms. The normalized spacial score (nSPS) is 27.0.